The minimum absolute atomic E-state index is 0.739. The topological polar surface area (TPSA) is 18.5 Å². The van der Waals surface area contributed by atoms with Gasteiger partial charge >= 0.3 is 0 Å². The summed E-state index contributed by atoms with van der Waals surface area (Å²) < 4.78 is 10.7. The zero-order valence-electron chi connectivity index (χ0n) is 15.0. The summed E-state index contributed by atoms with van der Waals surface area (Å²) in [7, 11) is 3.31. The molecule has 4 aromatic rings. The third kappa shape index (κ3) is 3.86. The zero-order valence-corrected chi connectivity index (χ0v) is 17.4. The highest BCUT2D eigenvalue weighted by atomic mass is 32.1. The van der Waals surface area contributed by atoms with Crippen LogP contribution < -0.4 is 9.47 Å². The number of rotatable bonds is 6. The van der Waals surface area contributed by atoms with Crippen LogP contribution in [0.2, 0.25) is 0 Å². The molecule has 0 spiro atoms. The Morgan fingerprint density at radius 1 is 0.741 bits per heavy atom. The van der Waals surface area contributed by atoms with Crippen LogP contribution >= 0.6 is 34.0 Å². The van der Waals surface area contributed by atoms with Gasteiger partial charge in [0.05, 0.1) is 19.1 Å². The van der Waals surface area contributed by atoms with Crippen molar-refractivity contribution in [2.24, 2.45) is 0 Å². The van der Waals surface area contributed by atoms with Crippen LogP contribution in [0.3, 0.4) is 0 Å². The highest BCUT2D eigenvalue weighted by Gasteiger charge is 2.12. The molecular weight excluding hydrogens is 392 g/mol. The van der Waals surface area contributed by atoms with E-state index < -0.39 is 0 Å². The minimum atomic E-state index is 0.739. The van der Waals surface area contributed by atoms with Gasteiger partial charge in [0, 0.05) is 14.6 Å². The second kappa shape index (κ2) is 8.13. The van der Waals surface area contributed by atoms with Crippen molar-refractivity contribution in [3.8, 4) is 31.0 Å². The summed E-state index contributed by atoms with van der Waals surface area (Å²) in [6, 6.07) is 16.8. The van der Waals surface area contributed by atoms with Crippen LogP contribution in [0.4, 0.5) is 0 Å². The van der Waals surface area contributed by atoms with E-state index in [2.05, 4.69) is 53.2 Å². The maximum Gasteiger partial charge on any atom is 0.161 e. The maximum absolute atomic E-state index is 5.41. The van der Waals surface area contributed by atoms with Gasteiger partial charge in [-0.05, 0) is 52.2 Å². The smallest absolute Gasteiger partial charge is 0.161 e. The molecule has 3 heterocycles. The molecule has 1 aromatic carbocycles. The first-order chi connectivity index (χ1) is 13.3. The molecule has 0 saturated carbocycles. The molecule has 136 valence electrons. The van der Waals surface area contributed by atoms with Crippen LogP contribution in [-0.2, 0) is 0 Å². The quantitative estimate of drug-likeness (QED) is 0.330. The lowest BCUT2D eigenvalue weighted by Gasteiger charge is -2.07. The molecule has 0 aliphatic carbocycles. The van der Waals surface area contributed by atoms with E-state index in [1.165, 1.54) is 25.1 Å². The molecule has 0 saturated heterocycles. The Labute approximate surface area is 171 Å². The first-order valence-corrected chi connectivity index (χ1v) is 11.0. The second-order valence-electron chi connectivity index (χ2n) is 5.80. The molecule has 5 heteroatoms. The predicted octanol–water partition coefficient (Wildman–Crippen LogP) is 7.39. The summed E-state index contributed by atoms with van der Waals surface area (Å²) >= 11 is 5.40. The lowest BCUT2D eigenvalue weighted by Crippen LogP contribution is -1.90. The number of thiophene rings is 3. The first kappa shape index (κ1) is 18.0. The van der Waals surface area contributed by atoms with Crippen LogP contribution in [0.1, 0.15) is 11.1 Å². The van der Waals surface area contributed by atoms with Gasteiger partial charge in [0.15, 0.2) is 11.5 Å². The molecule has 0 aliphatic rings. The van der Waals surface area contributed by atoms with Gasteiger partial charge in [-0.25, -0.2) is 0 Å². The van der Waals surface area contributed by atoms with Gasteiger partial charge in [0.25, 0.3) is 0 Å². The monoisotopic (exact) mass is 410 g/mol. The Morgan fingerprint density at radius 3 is 2.15 bits per heavy atom. The average molecular weight is 411 g/mol. The molecule has 0 bridgehead atoms. The molecule has 3 aromatic heterocycles. The summed E-state index contributed by atoms with van der Waals surface area (Å²) in [5.74, 6) is 1.48. The lowest BCUT2D eigenvalue weighted by molar-refractivity contribution is 0.355. The van der Waals surface area contributed by atoms with Crippen molar-refractivity contribution in [2.45, 2.75) is 0 Å². The molecule has 4 rings (SSSR count). The fourth-order valence-corrected chi connectivity index (χ4v) is 5.66. The number of hydrogen-bond acceptors (Lipinski definition) is 5. The highest BCUT2D eigenvalue weighted by Crippen LogP contribution is 2.42. The number of ether oxygens (including phenoxy) is 2. The van der Waals surface area contributed by atoms with Crippen molar-refractivity contribution in [1.29, 1.82) is 0 Å². The number of hydrogen-bond donors (Lipinski definition) is 0. The van der Waals surface area contributed by atoms with Gasteiger partial charge in [-0.1, -0.05) is 30.4 Å². The van der Waals surface area contributed by atoms with Crippen LogP contribution in [-0.4, -0.2) is 14.2 Å². The first-order valence-electron chi connectivity index (χ1n) is 8.40. The highest BCUT2D eigenvalue weighted by molar-refractivity contribution is 7.26. The fraction of sp³-hybridized carbons (Fsp3) is 0.0909. The summed E-state index contributed by atoms with van der Waals surface area (Å²) in [4.78, 5) is 5.23. The zero-order chi connectivity index (χ0) is 18.6. The van der Waals surface area contributed by atoms with Crippen molar-refractivity contribution >= 4 is 46.2 Å². The summed E-state index contributed by atoms with van der Waals surface area (Å²) in [5, 5.41) is 4.25. The van der Waals surface area contributed by atoms with Gasteiger partial charge in [0.1, 0.15) is 0 Å². The fourth-order valence-electron chi connectivity index (χ4n) is 2.81. The van der Waals surface area contributed by atoms with Crippen molar-refractivity contribution in [1.82, 2.24) is 0 Å². The van der Waals surface area contributed by atoms with Crippen LogP contribution in [0.25, 0.3) is 31.7 Å². The van der Waals surface area contributed by atoms with E-state index in [-0.39, 0.29) is 0 Å². The van der Waals surface area contributed by atoms with Gasteiger partial charge in [-0.3, -0.25) is 0 Å². The molecule has 0 amide bonds. The molecule has 0 radical (unpaired) electrons. The second-order valence-corrected chi connectivity index (χ2v) is 8.75. The third-order valence-electron chi connectivity index (χ3n) is 4.13. The average Bonchev–Trinajstić information content (AvgIpc) is 3.46. The van der Waals surface area contributed by atoms with Crippen LogP contribution in [0.15, 0.2) is 59.3 Å². The Balaban J connectivity index is 1.71. The Bertz CT molecular complexity index is 1040. The van der Waals surface area contributed by atoms with E-state index in [4.69, 9.17) is 9.47 Å². The van der Waals surface area contributed by atoms with E-state index in [0.717, 1.165) is 17.1 Å². The van der Waals surface area contributed by atoms with E-state index >= 15 is 0 Å². The van der Waals surface area contributed by atoms with Crippen molar-refractivity contribution in [2.75, 3.05) is 14.2 Å². The van der Waals surface area contributed by atoms with Gasteiger partial charge < -0.3 is 9.47 Å². The largest absolute Gasteiger partial charge is 0.493 e. The number of benzene rings is 1. The summed E-state index contributed by atoms with van der Waals surface area (Å²) in [6.07, 6.45) is 4.31. The SMILES string of the molecule is COc1ccc(C=Cc2cc(-c3cccs3)sc2-c2cccs2)cc1OC. The standard InChI is InChI=1S/C22H18O2S3/c1-23-17-10-8-15(13-18(17)24-2)7-9-16-14-21(19-5-3-11-25-19)27-22(16)20-6-4-12-26-20/h3-14H,1-2H3. The Hall–Kier alpha value is -2.34. The molecule has 0 fully saturated rings. The van der Waals surface area contributed by atoms with Crippen LogP contribution in [0, 0.1) is 0 Å². The van der Waals surface area contributed by atoms with Crippen LogP contribution in [0.5, 0.6) is 11.5 Å². The molecule has 27 heavy (non-hydrogen) atoms. The molecule has 0 atom stereocenters. The van der Waals surface area contributed by atoms with Gasteiger partial charge in [-0.15, -0.1) is 34.0 Å². The Morgan fingerprint density at radius 2 is 1.48 bits per heavy atom. The molecule has 0 aliphatic heterocycles. The summed E-state index contributed by atoms with van der Waals surface area (Å²) in [6.45, 7) is 0. The van der Waals surface area contributed by atoms with Crippen molar-refractivity contribution < 1.29 is 9.47 Å². The van der Waals surface area contributed by atoms with Crippen molar-refractivity contribution in [3.63, 3.8) is 0 Å². The lowest BCUT2D eigenvalue weighted by atomic mass is 10.1. The van der Waals surface area contributed by atoms with E-state index in [0.29, 0.717) is 0 Å². The normalized spacial score (nSPS) is 11.2. The number of methoxy groups -OCH3 is 2. The van der Waals surface area contributed by atoms with Gasteiger partial charge in [0.2, 0.25) is 0 Å². The van der Waals surface area contributed by atoms with E-state index in [9.17, 15) is 0 Å². The summed E-state index contributed by atoms with van der Waals surface area (Å²) in [5.41, 5.74) is 2.31. The van der Waals surface area contributed by atoms with E-state index in [1.807, 2.05) is 29.5 Å². The predicted molar refractivity (Wildman–Crippen MR) is 119 cm³/mol. The van der Waals surface area contributed by atoms with Gasteiger partial charge in [-0.2, -0.15) is 0 Å². The molecule has 0 unspecified atom stereocenters. The Kier molecular flexibility index (Phi) is 5.43. The third-order valence-corrected chi connectivity index (χ3v) is 7.40. The molecule has 0 N–H and O–H groups in total. The van der Waals surface area contributed by atoms with Crippen molar-refractivity contribution in [3.05, 3.63) is 70.4 Å². The minimum Gasteiger partial charge on any atom is -0.493 e. The molecular formula is C22H18O2S3. The maximum atomic E-state index is 5.41. The van der Waals surface area contributed by atoms with E-state index in [1.54, 1.807) is 36.9 Å². The molecule has 2 nitrogen and oxygen atoms in total.